The van der Waals surface area contributed by atoms with Crippen molar-refractivity contribution in [3.05, 3.63) is 0 Å². The average molecular weight is 282 g/mol. The molecule has 2 nitrogen and oxygen atoms in total. The molecule has 3 atom stereocenters. The molecule has 0 spiro atoms. The maximum atomic E-state index is 11.6. The molecule has 0 aromatic rings. The van der Waals surface area contributed by atoms with E-state index in [1.807, 2.05) is 0 Å². The first kappa shape index (κ1) is 15.2. The van der Waals surface area contributed by atoms with Crippen LogP contribution in [-0.2, 0) is 9.22 Å². The van der Waals surface area contributed by atoms with Crippen LogP contribution in [-0.4, -0.2) is 20.7 Å². The zero-order valence-corrected chi connectivity index (χ0v) is 14.3. The minimum Gasteiger partial charge on any atom is -0.414 e. The van der Waals surface area contributed by atoms with Gasteiger partial charge in [-0.3, -0.25) is 0 Å². The second-order valence-electron chi connectivity index (χ2n) is 8.16. The van der Waals surface area contributed by atoms with Gasteiger partial charge in [-0.15, -0.1) is 0 Å². The summed E-state index contributed by atoms with van der Waals surface area (Å²) in [6.07, 6.45) is 8.52. The van der Waals surface area contributed by atoms with Gasteiger partial charge in [0.2, 0.25) is 0 Å². The molecule has 0 unspecified atom stereocenters. The highest BCUT2D eigenvalue weighted by molar-refractivity contribution is 6.74. The summed E-state index contributed by atoms with van der Waals surface area (Å²) in [6.45, 7) is 11.6. The van der Waals surface area contributed by atoms with E-state index in [2.05, 4.69) is 33.9 Å². The van der Waals surface area contributed by atoms with Crippen molar-refractivity contribution >= 4 is 14.6 Å². The fourth-order valence-electron chi connectivity index (χ4n) is 3.73. The van der Waals surface area contributed by atoms with Crippen LogP contribution in [0.1, 0.15) is 59.3 Å². The van der Waals surface area contributed by atoms with Gasteiger partial charge in [0.15, 0.2) is 8.32 Å². The van der Waals surface area contributed by atoms with Crippen molar-refractivity contribution in [3.8, 4) is 0 Å². The molecular weight excluding hydrogens is 252 g/mol. The van der Waals surface area contributed by atoms with Gasteiger partial charge in [-0.1, -0.05) is 27.2 Å². The second-order valence-corrected chi connectivity index (χ2v) is 12.9. The van der Waals surface area contributed by atoms with Crippen molar-refractivity contribution in [1.29, 1.82) is 0 Å². The molecule has 0 radical (unpaired) electrons. The second kappa shape index (κ2) is 4.99. The SMILES string of the molecule is CC(C)(C)[Si](C)(C)O[C@@H]1CCC[C@]2(C=O)CCC[C@@H]12. The van der Waals surface area contributed by atoms with Crippen LogP contribution in [0, 0.1) is 11.3 Å². The zero-order chi connectivity index (χ0) is 14.3. The predicted molar refractivity (Wildman–Crippen MR) is 81.8 cm³/mol. The van der Waals surface area contributed by atoms with Crippen LogP contribution < -0.4 is 0 Å². The minimum absolute atomic E-state index is 0.0364. The lowest BCUT2D eigenvalue weighted by Gasteiger charge is -2.46. The first-order valence-electron chi connectivity index (χ1n) is 7.86. The van der Waals surface area contributed by atoms with Gasteiger partial charge >= 0.3 is 0 Å². The average Bonchev–Trinajstić information content (AvgIpc) is 2.72. The summed E-state index contributed by atoms with van der Waals surface area (Å²) in [7, 11) is -1.71. The third kappa shape index (κ3) is 2.69. The molecule has 0 saturated heterocycles. The maximum absolute atomic E-state index is 11.6. The molecule has 0 N–H and O–H groups in total. The molecule has 2 fully saturated rings. The lowest BCUT2D eigenvalue weighted by molar-refractivity contribution is -0.123. The number of aldehydes is 1. The number of hydrogen-bond acceptors (Lipinski definition) is 2. The first-order chi connectivity index (χ1) is 8.72. The summed E-state index contributed by atoms with van der Waals surface area (Å²) in [5, 5.41) is 0.257. The lowest BCUT2D eigenvalue weighted by atomic mass is 9.68. The molecule has 0 amide bonds. The van der Waals surface area contributed by atoms with Gasteiger partial charge in [0.05, 0.1) is 0 Å². The van der Waals surface area contributed by atoms with Crippen LogP contribution in [0.25, 0.3) is 0 Å². The molecule has 2 saturated carbocycles. The normalized spacial score (nSPS) is 36.1. The fraction of sp³-hybridized carbons (Fsp3) is 0.938. The molecule has 110 valence electrons. The Morgan fingerprint density at radius 3 is 2.26 bits per heavy atom. The number of hydrogen-bond donors (Lipinski definition) is 0. The molecule has 0 aromatic heterocycles. The van der Waals surface area contributed by atoms with Crippen LogP contribution in [0.5, 0.6) is 0 Å². The summed E-state index contributed by atoms with van der Waals surface area (Å²) >= 11 is 0. The number of rotatable bonds is 3. The summed E-state index contributed by atoms with van der Waals surface area (Å²) in [4.78, 5) is 11.6. The Kier molecular flexibility index (Phi) is 4.01. The standard InChI is InChI=1S/C16H30O2Si/c1-15(2,3)19(4,5)18-14-9-7-11-16(12-17)10-6-8-13(14)16/h12-14H,6-11H2,1-5H3/t13-,14+,16-/m0/s1. The summed E-state index contributed by atoms with van der Waals surface area (Å²) in [5.41, 5.74) is -0.0364. The Hall–Kier alpha value is -0.153. The van der Waals surface area contributed by atoms with E-state index in [0.717, 1.165) is 25.7 Å². The Morgan fingerprint density at radius 1 is 1.16 bits per heavy atom. The highest BCUT2D eigenvalue weighted by atomic mass is 28.4. The van der Waals surface area contributed by atoms with Crippen LogP contribution >= 0.6 is 0 Å². The maximum Gasteiger partial charge on any atom is 0.192 e. The van der Waals surface area contributed by atoms with Crippen LogP contribution in [0.4, 0.5) is 0 Å². The fourth-order valence-corrected chi connectivity index (χ4v) is 5.12. The van der Waals surface area contributed by atoms with Crippen molar-refractivity contribution in [1.82, 2.24) is 0 Å². The van der Waals surface area contributed by atoms with E-state index < -0.39 is 8.32 Å². The van der Waals surface area contributed by atoms with E-state index in [0.29, 0.717) is 12.0 Å². The molecule has 0 aliphatic heterocycles. The van der Waals surface area contributed by atoms with Crippen LogP contribution in [0.3, 0.4) is 0 Å². The molecule has 0 bridgehead atoms. The van der Waals surface area contributed by atoms with E-state index in [9.17, 15) is 4.79 Å². The van der Waals surface area contributed by atoms with Crippen LogP contribution in [0.2, 0.25) is 18.1 Å². The smallest absolute Gasteiger partial charge is 0.192 e. The van der Waals surface area contributed by atoms with Crippen molar-refractivity contribution in [3.63, 3.8) is 0 Å². The summed E-state index contributed by atoms with van der Waals surface area (Å²) in [6, 6.07) is 0. The van der Waals surface area contributed by atoms with Gasteiger partial charge in [0, 0.05) is 11.5 Å². The summed E-state index contributed by atoms with van der Waals surface area (Å²) < 4.78 is 6.66. The number of carbonyl (C=O) groups excluding carboxylic acids is 1. The Labute approximate surface area is 119 Å². The van der Waals surface area contributed by atoms with Crippen LogP contribution in [0.15, 0.2) is 0 Å². The molecule has 2 rings (SSSR count). The van der Waals surface area contributed by atoms with Crippen molar-refractivity contribution in [2.75, 3.05) is 0 Å². The highest BCUT2D eigenvalue weighted by Gasteiger charge is 2.51. The Balaban J connectivity index is 2.15. The molecule has 2 aliphatic carbocycles. The van der Waals surface area contributed by atoms with Crippen molar-refractivity contribution in [2.24, 2.45) is 11.3 Å². The third-order valence-corrected chi connectivity index (χ3v) is 10.5. The van der Waals surface area contributed by atoms with Gasteiger partial charge < -0.3 is 9.22 Å². The van der Waals surface area contributed by atoms with E-state index >= 15 is 0 Å². The molecule has 3 heteroatoms. The molecule has 2 aliphatic rings. The predicted octanol–water partition coefficient (Wildman–Crippen LogP) is 4.55. The van der Waals surface area contributed by atoms with E-state index in [-0.39, 0.29) is 10.5 Å². The topological polar surface area (TPSA) is 26.3 Å². The minimum atomic E-state index is -1.71. The lowest BCUT2D eigenvalue weighted by Crippen LogP contribution is -2.49. The van der Waals surface area contributed by atoms with Gasteiger partial charge in [-0.2, -0.15) is 0 Å². The zero-order valence-electron chi connectivity index (χ0n) is 13.3. The molecule has 0 aromatic carbocycles. The highest BCUT2D eigenvalue weighted by Crippen LogP contribution is 2.53. The molecule has 19 heavy (non-hydrogen) atoms. The number of carbonyl (C=O) groups is 1. The largest absolute Gasteiger partial charge is 0.414 e. The Bertz CT molecular complexity index is 345. The number of fused-ring (bicyclic) bond motifs is 1. The van der Waals surface area contributed by atoms with Gasteiger partial charge in [0.1, 0.15) is 6.29 Å². The molecule has 0 heterocycles. The van der Waals surface area contributed by atoms with E-state index in [4.69, 9.17) is 4.43 Å². The third-order valence-electron chi connectivity index (χ3n) is 5.96. The quantitative estimate of drug-likeness (QED) is 0.561. The van der Waals surface area contributed by atoms with Gasteiger partial charge in [-0.05, 0) is 56.2 Å². The van der Waals surface area contributed by atoms with E-state index in [1.54, 1.807) is 0 Å². The van der Waals surface area contributed by atoms with Crippen molar-refractivity contribution in [2.45, 2.75) is 83.5 Å². The molecular formula is C16H30O2Si. The van der Waals surface area contributed by atoms with Crippen molar-refractivity contribution < 1.29 is 9.22 Å². The van der Waals surface area contributed by atoms with Gasteiger partial charge in [-0.25, -0.2) is 0 Å². The van der Waals surface area contributed by atoms with E-state index in [1.165, 1.54) is 19.1 Å². The van der Waals surface area contributed by atoms with Gasteiger partial charge in [0.25, 0.3) is 0 Å². The summed E-state index contributed by atoms with van der Waals surface area (Å²) in [5.74, 6) is 0.493. The monoisotopic (exact) mass is 282 g/mol. The Morgan fingerprint density at radius 2 is 1.74 bits per heavy atom. The first-order valence-corrected chi connectivity index (χ1v) is 10.8.